The Labute approximate surface area is 125 Å². The number of hydrogen-bond donors (Lipinski definition) is 1. The molecule has 8 heteroatoms. The summed E-state index contributed by atoms with van der Waals surface area (Å²) >= 11 is 1.09. The number of carbonyl (C=O) groups is 2. The van der Waals surface area contributed by atoms with Crippen molar-refractivity contribution in [1.82, 2.24) is 4.90 Å². The van der Waals surface area contributed by atoms with Gasteiger partial charge in [-0.1, -0.05) is 23.9 Å². The van der Waals surface area contributed by atoms with Gasteiger partial charge in [-0.3, -0.25) is 24.6 Å². The fourth-order valence-corrected chi connectivity index (χ4v) is 2.89. The number of imide groups is 1. The van der Waals surface area contributed by atoms with Gasteiger partial charge in [-0.05, 0) is 6.92 Å². The van der Waals surface area contributed by atoms with E-state index in [-0.39, 0.29) is 23.4 Å². The van der Waals surface area contributed by atoms with Crippen LogP contribution in [0.15, 0.2) is 18.2 Å². The fourth-order valence-electron chi connectivity index (χ4n) is 2.11. The van der Waals surface area contributed by atoms with Gasteiger partial charge in [0.15, 0.2) is 0 Å². The van der Waals surface area contributed by atoms with Crippen LogP contribution in [0.3, 0.4) is 0 Å². The Balaban J connectivity index is 2.34. The van der Waals surface area contributed by atoms with Gasteiger partial charge in [0.1, 0.15) is 5.69 Å². The molecule has 1 aliphatic rings. The average molecular weight is 309 g/mol. The third kappa shape index (κ3) is 3.33. The highest BCUT2D eigenvalue weighted by Gasteiger charge is 2.28. The van der Waals surface area contributed by atoms with Crippen LogP contribution in [0.4, 0.5) is 16.2 Å². The topological polar surface area (TPSA) is 92.6 Å². The van der Waals surface area contributed by atoms with Crippen LogP contribution in [0.25, 0.3) is 0 Å². The number of hydrogen-bond acceptors (Lipinski definition) is 6. The molecule has 1 aromatic carbocycles. The SMILES string of the molecule is CCNc1c(CN2C(=O)CCSC2=O)cccc1[N+](=O)[O-]. The summed E-state index contributed by atoms with van der Waals surface area (Å²) in [6, 6.07) is 4.64. The standard InChI is InChI=1S/C13H15N3O4S/c1-2-14-12-9(4-3-5-10(12)16(19)20)8-15-11(17)6-7-21-13(15)18/h3-5,14H,2,6-8H2,1H3. The van der Waals surface area contributed by atoms with E-state index in [0.717, 1.165) is 16.7 Å². The number of thioether (sulfide) groups is 1. The summed E-state index contributed by atoms with van der Waals surface area (Å²) in [6.45, 7) is 2.39. The first-order valence-electron chi connectivity index (χ1n) is 6.52. The maximum Gasteiger partial charge on any atom is 0.292 e. The van der Waals surface area contributed by atoms with E-state index < -0.39 is 4.92 Å². The Kier molecular flexibility index (Phi) is 4.79. The summed E-state index contributed by atoms with van der Waals surface area (Å²) < 4.78 is 0. The van der Waals surface area contributed by atoms with Gasteiger partial charge in [0.2, 0.25) is 5.91 Å². The van der Waals surface area contributed by atoms with Crippen molar-refractivity contribution in [3.05, 3.63) is 33.9 Å². The second-order valence-corrected chi connectivity index (χ2v) is 5.49. The molecule has 1 N–H and O–H groups in total. The van der Waals surface area contributed by atoms with E-state index in [1.165, 1.54) is 6.07 Å². The zero-order valence-corrected chi connectivity index (χ0v) is 12.3. The molecule has 1 fully saturated rings. The Morgan fingerprint density at radius 2 is 2.19 bits per heavy atom. The lowest BCUT2D eigenvalue weighted by Crippen LogP contribution is -2.37. The highest BCUT2D eigenvalue weighted by atomic mass is 32.2. The molecule has 1 aliphatic heterocycles. The van der Waals surface area contributed by atoms with Crippen molar-refractivity contribution in [2.75, 3.05) is 17.6 Å². The molecule has 0 aliphatic carbocycles. The van der Waals surface area contributed by atoms with Crippen molar-refractivity contribution >= 4 is 34.3 Å². The minimum absolute atomic E-state index is 0.0503. The van der Waals surface area contributed by atoms with Gasteiger partial charge < -0.3 is 5.32 Å². The molecule has 21 heavy (non-hydrogen) atoms. The smallest absolute Gasteiger partial charge is 0.292 e. The first kappa shape index (κ1) is 15.3. The van der Waals surface area contributed by atoms with Crippen LogP contribution in [-0.4, -0.2) is 33.3 Å². The predicted molar refractivity (Wildman–Crippen MR) is 80.3 cm³/mol. The van der Waals surface area contributed by atoms with Gasteiger partial charge in [-0.25, -0.2) is 0 Å². The minimum atomic E-state index is -0.476. The molecule has 112 valence electrons. The number of nitro groups is 1. The lowest BCUT2D eigenvalue weighted by molar-refractivity contribution is -0.384. The molecular weight excluding hydrogens is 294 g/mol. The third-order valence-corrected chi connectivity index (χ3v) is 3.95. The number of rotatable bonds is 5. The van der Waals surface area contributed by atoms with Crippen molar-refractivity contribution < 1.29 is 14.5 Å². The second-order valence-electron chi connectivity index (χ2n) is 4.44. The molecule has 0 bridgehead atoms. The van der Waals surface area contributed by atoms with E-state index in [0.29, 0.717) is 30.0 Å². The maximum atomic E-state index is 11.8. The summed E-state index contributed by atoms with van der Waals surface area (Å²) in [4.78, 5) is 35.4. The second kappa shape index (κ2) is 6.57. The average Bonchev–Trinajstić information content (AvgIpc) is 2.44. The zero-order valence-electron chi connectivity index (χ0n) is 11.5. The molecule has 0 saturated carbocycles. The predicted octanol–water partition coefficient (Wildman–Crippen LogP) is 2.61. The summed E-state index contributed by atoms with van der Waals surface area (Å²) in [5.74, 6) is 0.246. The summed E-state index contributed by atoms with van der Waals surface area (Å²) in [5.41, 5.74) is 0.871. The van der Waals surface area contributed by atoms with Crippen molar-refractivity contribution in [1.29, 1.82) is 0 Å². The van der Waals surface area contributed by atoms with Crippen molar-refractivity contribution in [3.8, 4) is 0 Å². The Bertz CT molecular complexity index is 575. The van der Waals surface area contributed by atoms with Crippen LogP contribution >= 0.6 is 11.8 Å². The van der Waals surface area contributed by atoms with E-state index in [9.17, 15) is 19.7 Å². The maximum absolute atomic E-state index is 11.8. The molecule has 0 aromatic heterocycles. The lowest BCUT2D eigenvalue weighted by atomic mass is 10.1. The number of para-hydroxylation sites is 1. The number of nitrogens with one attached hydrogen (secondary N) is 1. The molecule has 1 aromatic rings. The van der Waals surface area contributed by atoms with Crippen LogP contribution in [0.1, 0.15) is 18.9 Å². The highest BCUT2D eigenvalue weighted by molar-refractivity contribution is 8.13. The summed E-state index contributed by atoms with van der Waals surface area (Å²) in [7, 11) is 0. The molecule has 0 radical (unpaired) electrons. The zero-order chi connectivity index (χ0) is 15.4. The highest BCUT2D eigenvalue weighted by Crippen LogP contribution is 2.30. The van der Waals surface area contributed by atoms with Crippen LogP contribution < -0.4 is 5.32 Å². The Hall–Kier alpha value is -2.09. The van der Waals surface area contributed by atoms with E-state index in [1.807, 2.05) is 6.92 Å². The van der Waals surface area contributed by atoms with Crippen LogP contribution in [0, 0.1) is 10.1 Å². The van der Waals surface area contributed by atoms with E-state index in [4.69, 9.17) is 0 Å². The molecule has 2 amide bonds. The lowest BCUT2D eigenvalue weighted by Gasteiger charge is -2.25. The van der Waals surface area contributed by atoms with Gasteiger partial charge in [0, 0.05) is 30.3 Å². The number of benzene rings is 1. The van der Waals surface area contributed by atoms with Gasteiger partial charge >= 0.3 is 0 Å². The number of anilines is 1. The number of amides is 2. The monoisotopic (exact) mass is 309 g/mol. The largest absolute Gasteiger partial charge is 0.379 e. The van der Waals surface area contributed by atoms with Crippen molar-refractivity contribution in [3.63, 3.8) is 0 Å². The molecule has 2 rings (SSSR count). The van der Waals surface area contributed by atoms with E-state index in [2.05, 4.69) is 5.32 Å². The van der Waals surface area contributed by atoms with Crippen molar-refractivity contribution in [2.24, 2.45) is 0 Å². The molecular formula is C13H15N3O4S. The molecule has 7 nitrogen and oxygen atoms in total. The third-order valence-electron chi connectivity index (χ3n) is 3.07. The Morgan fingerprint density at radius 3 is 2.81 bits per heavy atom. The minimum Gasteiger partial charge on any atom is -0.379 e. The molecule has 0 atom stereocenters. The molecule has 0 unspecified atom stereocenters. The van der Waals surface area contributed by atoms with Crippen LogP contribution in [-0.2, 0) is 11.3 Å². The summed E-state index contributed by atoms with van der Waals surface area (Å²) in [5, 5.41) is 13.7. The van der Waals surface area contributed by atoms with E-state index >= 15 is 0 Å². The molecule has 1 heterocycles. The van der Waals surface area contributed by atoms with Gasteiger partial charge in [-0.2, -0.15) is 0 Å². The van der Waals surface area contributed by atoms with Crippen LogP contribution in [0.2, 0.25) is 0 Å². The molecule has 1 saturated heterocycles. The number of nitro benzene ring substituents is 1. The van der Waals surface area contributed by atoms with Crippen molar-refractivity contribution in [2.45, 2.75) is 19.9 Å². The Morgan fingerprint density at radius 1 is 1.43 bits per heavy atom. The van der Waals surface area contributed by atoms with Crippen LogP contribution in [0.5, 0.6) is 0 Å². The van der Waals surface area contributed by atoms with Gasteiger partial charge in [-0.15, -0.1) is 0 Å². The van der Waals surface area contributed by atoms with Gasteiger partial charge in [0.05, 0.1) is 11.5 Å². The quantitative estimate of drug-likeness (QED) is 0.664. The normalized spacial score (nSPS) is 15.2. The number of carbonyl (C=O) groups excluding carboxylic acids is 2. The summed E-state index contributed by atoms with van der Waals surface area (Å²) in [6.07, 6.45) is 0.307. The fraction of sp³-hybridized carbons (Fsp3) is 0.385. The number of nitrogens with zero attached hydrogens (tertiary/aromatic N) is 2. The van der Waals surface area contributed by atoms with Gasteiger partial charge in [0.25, 0.3) is 10.9 Å². The first-order valence-corrected chi connectivity index (χ1v) is 7.50. The first-order chi connectivity index (χ1) is 10.0. The molecule has 0 spiro atoms. The van der Waals surface area contributed by atoms with E-state index in [1.54, 1.807) is 12.1 Å².